The summed E-state index contributed by atoms with van der Waals surface area (Å²) in [5, 5.41) is 23.3. The SMILES string of the molecule is O=C1Nc2ccc([N+](=O)[O-])cc2C1=Cc1cc(Br)c(O)c(Br)c1. The van der Waals surface area contributed by atoms with Crippen molar-refractivity contribution in [3.8, 4) is 5.75 Å². The summed E-state index contributed by atoms with van der Waals surface area (Å²) in [6.07, 6.45) is 1.61. The highest BCUT2D eigenvalue weighted by molar-refractivity contribution is 9.11. The van der Waals surface area contributed by atoms with Crippen molar-refractivity contribution in [2.45, 2.75) is 0 Å². The number of carbonyl (C=O) groups is 1. The lowest BCUT2D eigenvalue weighted by atomic mass is 10.0. The average molecular weight is 440 g/mol. The van der Waals surface area contributed by atoms with Crippen LogP contribution in [-0.2, 0) is 4.79 Å². The van der Waals surface area contributed by atoms with Gasteiger partial charge in [0.25, 0.3) is 11.6 Å². The third-order valence-corrected chi connectivity index (χ3v) is 4.56. The molecular formula is C15H8Br2N2O4. The van der Waals surface area contributed by atoms with Crippen LogP contribution in [-0.4, -0.2) is 15.9 Å². The van der Waals surface area contributed by atoms with Gasteiger partial charge in [-0.2, -0.15) is 0 Å². The lowest BCUT2D eigenvalue weighted by Gasteiger charge is -2.04. The summed E-state index contributed by atoms with van der Waals surface area (Å²) in [5.41, 5.74) is 1.91. The van der Waals surface area contributed by atoms with Crippen LogP contribution < -0.4 is 5.32 Å². The minimum absolute atomic E-state index is 0.0547. The van der Waals surface area contributed by atoms with Gasteiger partial charge in [-0.05, 0) is 61.7 Å². The average Bonchev–Trinajstić information content (AvgIpc) is 2.80. The topological polar surface area (TPSA) is 92.5 Å². The number of nitro benzene ring substituents is 1. The minimum Gasteiger partial charge on any atom is -0.506 e. The molecule has 1 aliphatic heterocycles. The van der Waals surface area contributed by atoms with E-state index >= 15 is 0 Å². The number of benzene rings is 2. The molecule has 0 saturated carbocycles. The smallest absolute Gasteiger partial charge is 0.270 e. The zero-order valence-corrected chi connectivity index (χ0v) is 14.5. The van der Waals surface area contributed by atoms with Gasteiger partial charge in [0.05, 0.1) is 13.9 Å². The Balaban J connectivity index is 2.13. The Kier molecular flexibility index (Phi) is 3.95. The van der Waals surface area contributed by atoms with Crippen molar-refractivity contribution in [3.05, 3.63) is 60.5 Å². The number of anilines is 1. The van der Waals surface area contributed by atoms with Crippen molar-refractivity contribution < 1.29 is 14.8 Å². The number of aromatic hydroxyl groups is 1. The number of nitrogens with zero attached hydrogens (tertiary/aromatic N) is 1. The molecule has 0 unspecified atom stereocenters. The van der Waals surface area contributed by atoms with Gasteiger partial charge < -0.3 is 10.4 Å². The molecular weight excluding hydrogens is 432 g/mol. The first-order valence-electron chi connectivity index (χ1n) is 6.36. The molecule has 23 heavy (non-hydrogen) atoms. The fraction of sp³-hybridized carbons (Fsp3) is 0. The van der Waals surface area contributed by atoms with Gasteiger partial charge in [0.2, 0.25) is 0 Å². The fourth-order valence-corrected chi connectivity index (χ4v) is 3.49. The molecule has 8 heteroatoms. The molecule has 0 bridgehead atoms. The fourth-order valence-electron chi connectivity index (χ4n) is 2.27. The number of fused-ring (bicyclic) bond motifs is 1. The van der Waals surface area contributed by atoms with Crippen LogP contribution in [0.2, 0.25) is 0 Å². The summed E-state index contributed by atoms with van der Waals surface area (Å²) in [6.45, 7) is 0. The molecule has 2 aromatic rings. The Labute approximate surface area is 147 Å². The summed E-state index contributed by atoms with van der Waals surface area (Å²) >= 11 is 6.45. The van der Waals surface area contributed by atoms with Crippen LogP contribution in [0.15, 0.2) is 39.3 Å². The first-order valence-corrected chi connectivity index (χ1v) is 7.95. The molecule has 0 atom stereocenters. The third kappa shape index (κ3) is 2.87. The maximum atomic E-state index is 12.1. The van der Waals surface area contributed by atoms with E-state index in [-0.39, 0.29) is 17.3 Å². The Bertz CT molecular complexity index is 870. The van der Waals surface area contributed by atoms with Gasteiger partial charge in [0.15, 0.2) is 0 Å². The monoisotopic (exact) mass is 438 g/mol. The molecule has 6 nitrogen and oxygen atoms in total. The first kappa shape index (κ1) is 15.7. The second kappa shape index (κ2) is 5.78. The van der Waals surface area contributed by atoms with Gasteiger partial charge in [0.1, 0.15) is 5.75 Å². The first-order chi connectivity index (χ1) is 10.9. The normalized spacial score (nSPS) is 14.7. The molecule has 116 valence electrons. The third-order valence-electron chi connectivity index (χ3n) is 3.35. The van der Waals surface area contributed by atoms with E-state index in [1.807, 2.05) is 0 Å². The molecule has 3 rings (SSSR count). The number of hydrogen-bond acceptors (Lipinski definition) is 4. The molecule has 0 saturated heterocycles. The van der Waals surface area contributed by atoms with Crippen LogP contribution in [0.3, 0.4) is 0 Å². The second-order valence-electron chi connectivity index (χ2n) is 4.83. The van der Waals surface area contributed by atoms with Crippen molar-refractivity contribution in [1.29, 1.82) is 0 Å². The molecule has 1 amide bonds. The lowest BCUT2D eigenvalue weighted by molar-refractivity contribution is -0.384. The van der Waals surface area contributed by atoms with E-state index < -0.39 is 4.92 Å². The van der Waals surface area contributed by atoms with E-state index in [1.165, 1.54) is 18.2 Å². The summed E-state index contributed by atoms with van der Waals surface area (Å²) < 4.78 is 0.938. The number of rotatable bonds is 2. The molecule has 0 aromatic heterocycles. The van der Waals surface area contributed by atoms with Crippen LogP contribution in [0.5, 0.6) is 5.75 Å². The van der Waals surface area contributed by atoms with Crippen molar-refractivity contribution >= 4 is 60.8 Å². The molecule has 1 heterocycles. The number of nitrogens with one attached hydrogen (secondary N) is 1. The molecule has 0 fully saturated rings. The molecule has 2 N–H and O–H groups in total. The van der Waals surface area contributed by atoms with Crippen molar-refractivity contribution in [2.75, 3.05) is 5.32 Å². The number of carbonyl (C=O) groups excluding carboxylic acids is 1. The largest absolute Gasteiger partial charge is 0.506 e. The number of nitro groups is 1. The van der Waals surface area contributed by atoms with E-state index in [9.17, 15) is 20.0 Å². The highest BCUT2D eigenvalue weighted by Gasteiger charge is 2.26. The summed E-state index contributed by atoms with van der Waals surface area (Å²) in [5.74, 6) is -0.278. The number of hydrogen-bond donors (Lipinski definition) is 2. The number of phenols is 1. The van der Waals surface area contributed by atoms with Gasteiger partial charge >= 0.3 is 0 Å². The standard InChI is InChI=1S/C15H8Br2N2O4/c16-11-4-7(5-12(17)14(11)20)3-10-9-6-8(19(22)23)1-2-13(9)18-15(10)21/h1-6,20H,(H,18,21). The van der Waals surface area contributed by atoms with E-state index in [0.717, 1.165) is 0 Å². The number of phenolic OH excluding ortho intramolecular Hbond substituents is 1. The second-order valence-corrected chi connectivity index (χ2v) is 6.54. The maximum absolute atomic E-state index is 12.1. The predicted molar refractivity (Wildman–Crippen MR) is 93.1 cm³/mol. The van der Waals surface area contributed by atoms with Gasteiger partial charge in [-0.3, -0.25) is 14.9 Å². The van der Waals surface area contributed by atoms with Crippen molar-refractivity contribution in [3.63, 3.8) is 0 Å². The quantitative estimate of drug-likeness (QED) is 0.414. The highest BCUT2D eigenvalue weighted by Crippen LogP contribution is 2.38. The Morgan fingerprint density at radius 2 is 1.83 bits per heavy atom. The lowest BCUT2D eigenvalue weighted by Crippen LogP contribution is -2.03. The van der Waals surface area contributed by atoms with Crippen LogP contribution in [0.25, 0.3) is 11.6 Å². The number of amides is 1. The molecule has 2 aromatic carbocycles. The van der Waals surface area contributed by atoms with Gasteiger partial charge in [-0.25, -0.2) is 0 Å². The van der Waals surface area contributed by atoms with E-state index in [0.29, 0.717) is 31.3 Å². The summed E-state index contributed by atoms with van der Waals surface area (Å²) in [7, 11) is 0. The van der Waals surface area contributed by atoms with Gasteiger partial charge in [0, 0.05) is 29.0 Å². The molecule has 0 aliphatic carbocycles. The van der Waals surface area contributed by atoms with Crippen LogP contribution in [0, 0.1) is 10.1 Å². The Morgan fingerprint density at radius 1 is 1.17 bits per heavy atom. The molecule has 0 spiro atoms. The zero-order valence-electron chi connectivity index (χ0n) is 11.3. The maximum Gasteiger partial charge on any atom is 0.270 e. The van der Waals surface area contributed by atoms with E-state index in [4.69, 9.17) is 0 Å². The van der Waals surface area contributed by atoms with E-state index in [1.54, 1.807) is 18.2 Å². The summed E-state index contributed by atoms with van der Waals surface area (Å²) in [6, 6.07) is 7.51. The molecule has 1 aliphatic rings. The van der Waals surface area contributed by atoms with Gasteiger partial charge in [-0.15, -0.1) is 0 Å². The number of halogens is 2. The van der Waals surface area contributed by atoms with Crippen molar-refractivity contribution in [2.24, 2.45) is 0 Å². The van der Waals surface area contributed by atoms with Crippen LogP contribution in [0.1, 0.15) is 11.1 Å². The van der Waals surface area contributed by atoms with Crippen molar-refractivity contribution in [1.82, 2.24) is 0 Å². The van der Waals surface area contributed by atoms with Crippen LogP contribution >= 0.6 is 31.9 Å². The van der Waals surface area contributed by atoms with Gasteiger partial charge in [-0.1, -0.05) is 0 Å². The zero-order chi connectivity index (χ0) is 16.7. The Hall–Kier alpha value is -2.19. The van der Waals surface area contributed by atoms with Crippen LogP contribution in [0.4, 0.5) is 11.4 Å². The highest BCUT2D eigenvalue weighted by atomic mass is 79.9. The van der Waals surface area contributed by atoms with E-state index in [2.05, 4.69) is 37.2 Å². The number of non-ortho nitro benzene ring substituents is 1. The minimum atomic E-state index is -0.506. The summed E-state index contributed by atoms with van der Waals surface area (Å²) in [4.78, 5) is 22.5. The predicted octanol–water partition coefficient (Wildman–Crippen LogP) is 4.32. The Morgan fingerprint density at radius 3 is 2.43 bits per heavy atom. The molecule has 0 radical (unpaired) electrons.